The third-order valence-corrected chi connectivity index (χ3v) is 4.89. The van der Waals surface area contributed by atoms with E-state index in [1.54, 1.807) is 12.1 Å². The van der Waals surface area contributed by atoms with Gasteiger partial charge in [-0.15, -0.1) is 0 Å². The van der Waals surface area contributed by atoms with Crippen molar-refractivity contribution in [3.63, 3.8) is 0 Å². The molecule has 4 nitrogen and oxygen atoms in total. The lowest BCUT2D eigenvalue weighted by Crippen LogP contribution is -2.27. The Morgan fingerprint density at radius 2 is 1.41 bits per heavy atom. The van der Waals surface area contributed by atoms with Crippen LogP contribution in [0.5, 0.6) is 5.75 Å². The average molecular weight is 378 g/mol. The molecular weight excluding hydrogens is 338 g/mol. The van der Waals surface area contributed by atoms with Gasteiger partial charge in [-0.25, -0.2) is 4.79 Å². The molecule has 0 atom stereocenters. The van der Waals surface area contributed by atoms with Crippen molar-refractivity contribution in [3.05, 3.63) is 29.8 Å². The molecule has 0 saturated heterocycles. The van der Waals surface area contributed by atoms with Crippen LogP contribution in [0, 0.1) is 0 Å². The summed E-state index contributed by atoms with van der Waals surface area (Å²) in [6, 6.07) is 7.27. The zero-order valence-corrected chi connectivity index (χ0v) is 17.7. The summed E-state index contributed by atoms with van der Waals surface area (Å²) < 4.78 is 11.1. The summed E-state index contributed by atoms with van der Waals surface area (Å²) in [5.74, 6) is 0.550. The molecule has 0 aliphatic heterocycles. The zero-order chi connectivity index (χ0) is 19.7. The summed E-state index contributed by atoms with van der Waals surface area (Å²) in [5, 5.41) is 0. The molecule has 1 aromatic rings. The van der Waals surface area contributed by atoms with Crippen molar-refractivity contribution in [2.45, 2.75) is 72.1 Å². The van der Waals surface area contributed by atoms with E-state index in [1.807, 2.05) is 12.1 Å². The first-order valence-corrected chi connectivity index (χ1v) is 10.8. The first-order chi connectivity index (χ1) is 13.2. The van der Waals surface area contributed by atoms with Gasteiger partial charge in [0.05, 0.1) is 12.2 Å². The van der Waals surface area contributed by atoms with Crippen LogP contribution in [0.4, 0.5) is 0 Å². The minimum Gasteiger partial charge on any atom is -0.494 e. The first-order valence-electron chi connectivity index (χ1n) is 10.8. The van der Waals surface area contributed by atoms with Crippen molar-refractivity contribution >= 4 is 5.97 Å². The fourth-order valence-electron chi connectivity index (χ4n) is 3.00. The summed E-state index contributed by atoms with van der Waals surface area (Å²) in [5.41, 5.74) is 0.578. The van der Waals surface area contributed by atoms with Crippen molar-refractivity contribution < 1.29 is 14.3 Å². The van der Waals surface area contributed by atoms with Gasteiger partial charge < -0.3 is 14.4 Å². The maximum Gasteiger partial charge on any atom is 0.338 e. The van der Waals surface area contributed by atoms with Gasteiger partial charge >= 0.3 is 5.97 Å². The van der Waals surface area contributed by atoms with Gasteiger partial charge in [-0.1, -0.05) is 65.7 Å². The predicted octanol–water partition coefficient (Wildman–Crippen LogP) is 5.70. The minimum atomic E-state index is -0.267. The smallest absolute Gasteiger partial charge is 0.338 e. The number of carbonyl (C=O) groups excluding carboxylic acids is 1. The molecule has 0 aromatic heterocycles. The third kappa shape index (κ3) is 11.0. The predicted molar refractivity (Wildman–Crippen MR) is 113 cm³/mol. The number of rotatable bonds is 16. The number of hydrogen-bond donors (Lipinski definition) is 0. The monoisotopic (exact) mass is 377 g/mol. The molecule has 0 fully saturated rings. The Balaban J connectivity index is 2.15. The first kappa shape index (κ1) is 23.5. The second kappa shape index (κ2) is 15.5. The molecule has 0 unspecified atom stereocenters. The van der Waals surface area contributed by atoms with E-state index >= 15 is 0 Å². The molecule has 1 rings (SSSR count). The SMILES string of the molecule is CCCCCCCCCCOc1ccc(C(=O)OCCN(CC)CC)cc1. The van der Waals surface area contributed by atoms with Crippen LogP contribution in [0.3, 0.4) is 0 Å². The van der Waals surface area contributed by atoms with Crippen LogP contribution in [0.25, 0.3) is 0 Å². The highest BCUT2D eigenvalue weighted by molar-refractivity contribution is 5.89. The highest BCUT2D eigenvalue weighted by atomic mass is 16.5. The molecule has 0 N–H and O–H groups in total. The molecule has 154 valence electrons. The number of benzene rings is 1. The van der Waals surface area contributed by atoms with Gasteiger partial charge in [0.2, 0.25) is 0 Å². The Morgan fingerprint density at radius 3 is 2.00 bits per heavy atom. The van der Waals surface area contributed by atoms with E-state index in [9.17, 15) is 4.79 Å². The van der Waals surface area contributed by atoms with Gasteiger partial charge in [0, 0.05) is 6.54 Å². The van der Waals surface area contributed by atoms with E-state index in [0.29, 0.717) is 12.2 Å². The summed E-state index contributed by atoms with van der Waals surface area (Å²) in [6.45, 7) is 10.4. The van der Waals surface area contributed by atoms with Crippen LogP contribution in [-0.4, -0.2) is 43.7 Å². The molecule has 0 aliphatic rings. The fourth-order valence-corrected chi connectivity index (χ4v) is 3.00. The van der Waals surface area contributed by atoms with Crippen LogP contribution in [0.2, 0.25) is 0 Å². The maximum atomic E-state index is 12.1. The Bertz CT molecular complexity index is 483. The van der Waals surface area contributed by atoms with Gasteiger partial charge in [-0.05, 0) is 43.8 Å². The van der Waals surface area contributed by atoms with E-state index < -0.39 is 0 Å². The van der Waals surface area contributed by atoms with Gasteiger partial charge in [0.15, 0.2) is 0 Å². The quantitative estimate of drug-likeness (QED) is 0.273. The van der Waals surface area contributed by atoms with Crippen molar-refractivity contribution in [2.24, 2.45) is 0 Å². The second-order valence-corrected chi connectivity index (χ2v) is 7.01. The number of likely N-dealkylation sites (N-methyl/N-ethyl adjacent to an activating group) is 1. The standard InChI is InChI=1S/C23H39NO3/c1-4-7-8-9-10-11-12-13-19-26-22-16-14-21(15-17-22)23(25)27-20-18-24(5-2)6-3/h14-17H,4-13,18-20H2,1-3H3. The van der Waals surface area contributed by atoms with E-state index in [4.69, 9.17) is 9.47 Å². The molecule has 0 radical (unpaired) electrons. The molecular formula is C23H39NO3. The summed E-state index contributed by atoms with van der Waals surface area (Å²) in [7, 11) is 0. The molecule has 0 spiro atoms. The number of ether oxygens (including phenoxy) is 2. The highest BCUT2D eigenvalue weighted by Crippen LogP contribution is 2.14. The van der Waals surface area contributed by atoms with E-state index in [1.165, 1.54) is 44.9 Å². The number of esters is 1. The molecule has 0 saturated carbocycles. The molecule has 0 aliphatic carbocycles. The molecule has 1 aromatic carbocycles. The van der Waals surface area contributed by atoms with Crippen LogP contribution >= 0.6 is 0 Å². The van der Waals surface area contributed by atoms with Crippen molar-refractivity contribution in [1.82, 2.24) is 4.90 Å². The van der Waals surface area contributed by atoms with E-state index in [2.05, 4.69) is 25.7 Å². The lowest BCUT2D eigenvalue weighted by molar-refractivity contribution is 0.0466. The number of carbonyl (C=O) groups is 1. The average Bonchev–Trinajstić information content (AvgIpc) is 2.70. The van der Waals surface area contributed by atoms with Gasteiger partial charge in [0.1, 0.15) is 12.4 Å². The van der Waals surface area contributed by atoms with Crippen LogP contribution < -0.4 is 4.74 Å². The Morgan fingerprint density at radius 1 is 0.815 bits per heavy atom. The summed E-state index contributed by atoms with van der Waals surface area (Å²) >= 11 is 0. The van der Waals surface area contributed by atoms with Crippen LogP contribution in [0.15, 0.2) is 24.3 Å². The second-order valence-electron chi connectivity index (χ2n) is 7.01. The van der Waals surface area contributed by atoms with E-state index in [0.717, 1.165) is 38.4 Å². The van der Waals surface area contributed by atoms with Crippen LogP contribution in [-0.2, 0) is 4.74 Å². The van der Waals surface area contributed by atoms with Crippen molar-refractivity contribution in [1.29, 1.82) is 0 Å². The van der Waals surface area contributed by atoms with Crippen molar-refractivity contribution in [2.75, 3.05) is 32.8 Å². The molecule has 0 heterocycles. The van der Waals surface area contributed by atoms with Gasteiger partial charge in [-0.3, -0.25) is 0 Å². The number of nitrogens with zero attached hydrogens (tertiary/aromatic N) is 1. The zero-order valence-electron chi connectivity index (χ0n) is 17.7. The topological polar surface area (TPSA) is 38.8 Å². The summed E-state index contributed by atoms with van der Waals surface area (Å²) in [6.07, 6.45) is 10.4. The summed E-state index contributed by atoms with van der Waals surface area (Å²) in [4.78, 5) is 14.3. The Labute approximate surface area is 166 Å². The third-order valence-electron chi connectivity index (χ3n) is 4.89. The normalized spacial score (nSPS) is 11.0. The van der Waals surface area contributed by atoms with Crippen molar-refractivity contribution in [3.8, 4) is 5.75 Å². The lowest BCUT2D eigenvalue weighted by Gasteiger charge is -2.17. The Hall–Kier alpha value is -1.55. The van der Waals surface area contributed by atoms with Gasteiger partial charge in [-0.2, -0.15) is 0 Å². The largest absolute Gasteiger partial charge is 0.494 e. The van der Waals surface area contributed by atoms with Crippen LogP contribution in [0.1, 0.15) is 82.5 Å². The Kier molecular flexibility index (Phi) is 13.5. The highest BCUT2D eigenvalue weighted by Gasteiger charge is 2.08. The van der Waals surface area contributed by atoms with E-state index in [-0.39, 0.29) is 5.97 Å². The minimum absolute atomic E-state index is 0.267. The maximum absolute atomic E-state index is 12.1. The molecule has 27 heavy (non-hydrogen) atoms. The fraction of sp³-hybridized carbons (Fsp3) is 0.696. The molecule has 0 amide bonds. The molecule has 0 bridgehead atoms. The number of unbranched alkanes of at least 4 members (excludes halogenated alkanes) is 7. The lowest BCUT2D eigenvalue weighted by atomic mass is 10.1. The number of hydrogen-bond acceptors (Lipinski definition) is 4. The van der Waals surface area contributed by atoms with Gasteiger partial charge in [0.25, 0.3) is 0 Å². The molecule has 4 heteroatoms.